The van der Waals surface area contributed by atoms with Gasteiger partial charge >= 0.3 is 0 Å². The first kappa shape index (κ1) is 14.4. The van der Waals surface area contributed by atoms with Gasteiger partial charge in [-0.25, -0.2) is 5.43 Å². The molecule has 0 atom stereocenters. The van der Waals surface area contributed by atoms with Crippen LogP contribution in [0, 0.1) is 0 Å². The molecule has 2 aromatic carbocycles. The molecule has 1 aliphatic heterocycles. The molecule has 1 N–H and O–H groups in total. The maximum Gasteiger partial charge on any atom is 0.275 e. The second-order valence-corrected chi connectivity index (χ2v) is 5.02. The third-order valence-corrected chi connectivity index (χ3v) is 3.31. The molecule has 0 saturated heterocycles. The van der Waals surface area contributed by atoms with Crippen LogP contribution in [0.2, 0.25) is 5.02 Å². The second kappa shape index (κ2) is 6.49. The summed E-state index contributed by atoms with van der Waals surface area (Å²) >= 11 is 5.80. The van der Waals surface area contributed by atoms with Crippen molar-refractivity contribution in [3.05, 3.63) is 58.6 Å². The molecule has 0 aliphatic carbocycles. The molecule has 112 valence electrons. The smallest absolute Gasteiger partial charge is 0.275 e. The van der Waals surface area contributed by atoms with Crippen LogP contribution in [-0.4, -0.2) is 25.3 Å². The predicted octanol–water partition coefficient (Wildman–Crippen LogP) is 2.88. The first-order chi connectivity index (χ1) is 10.7. The molecule has 0 spiro atoms. The molecule has 1 amide bonds. The first-order valence-corrected chi connectivity index (χ1v) is 7.09. The standard InChI is InChI=1S/C16H13ClN2O3/c17-12-6-4-11(5-7-12)10-18-19-16(20)13-2-1-3-14-15(13)22-9-8-21-14/h1-7,10H,8-9H2,(H,19,20). The van der Waals surface area contributed by atoms with E-state index in [-0.39, 0.29) is 5.91 Å². The van der Waals surface area contributed by atoms with E-state index in [1.54, 1.807) is 48.7 Å². The van der Waals surface area contributed by atoms with Gasteiger partial charge in [0.1, 0.15) is 13.2 Å². The van der Waals surface area contributed by atoms with Gasteiger partial charge in [0.15, 0.2) is 11.5 Å². The number of carbonyl (C=O) groups excluding carboxylic acids is 1. The Bertz CT molecular complexity index is 714. The van der Waals surface area contributed by atoms with Crippen molar-refractivity contribution in [1.29, 1.82) is 0 Å². The van der Waals surface area contributed by atoms with Crippen LogP contribution >= 0.6 is 11.6 Å². The second-order valence-electron chi connectivity index (χ2n) is 4.58. The fourth-order valence-corrected chi connectivity index (χ4v) is 2.15. The number of carbonyl (C=O) groups is 1. The van der Waals surface area contributed by atoms with Crippen LogP contribution in [0.4, 0.5) is 0 Å². The molecule has 0 aromatic heterocycles. The van der Waals surface area contributed by atoms with Crippen LogP contribution in [0.15, 0.2) is 47.6 Å². The zero-order chi connectivity index (χ0) is 15.4. The van der Waals surface area contributed by atoms with Crippen molar-refractivity contribution in [3.63, 3.8) is 0 Å². The van der Waals surface area contributed by atoms with Crippen molar-refractivity contribution in [1.82, 2.24) is 5.43 Å². The Kier molecular flexibility index (Phi) is 4.25. The van der Waals surface area contributed by atoms with Crippen molar-refractivity contribution >= 4 is 23.7 Å². The van der Waals surface area contributed by atoms with Crippen molar-refractivity contribution in [2.45, 2.75) is 0 Å². The Morgan fingerprint density at radius 2 is 1.91 bits per heavy atom. The summed E-state index contributed by atoms with van der Waals surface area (Å²) in [5.41, 5.74) is 3.70. The van der Waals surface area contributed by atoms with Gasteiger partial charge in [0.25, 0.3) is 5.91 Å². The van der Waals surface area contributed by atoms with E-state index in [2.05, 4.69) is 10.5 Å². The van der Waals surface area contributed by atoms with Crippen LogP contribution in [0.5, 0.6) is 11.5 Å². The summed E-state index contributed by atoms with van der Waals surface area (Å²) in [7, 11) is 0. The molecule has 1 heterocycles. The number of para-hydroxylation sites is 1. The topological polar surface area (TPSA) is 59.9 Å². The summed E-state index contributed by atoms with van der Waals surface area (Å²) in [6, 6.07) is 12.3. The molecular weight excluding hydrogens is 304 g/mol. The van der Waals surface area contributed by atoms with E-state index in [0.29, 0.717) is 35.3 Å². The van der Waals surface area contributed by atoms with Gasteiger partial charge in [-0.05, 0) is 29.8 Å². The molecule has 6 heteroatoms. The maximum absolute atomic E-state index is 12.2. The monoisotopic (exact) mass is 316 g/mol. The van der Waals surface area contributed by atoms with Gasteiger partial charge in [-0.3, -0.25) is 4.79 Å². The largest absolute Gasteiger partial charge is 0.486 e. The number of hydrogen-bond acceptors (Lipinski definition) is 4. The number of halogens is 1. The quantitative estimate of drug-likeness (QED) is 0.699. The van der Waals surface area contributed by atoms with Crippen molar-refractivity contribution in [3.8, 4) is 11.5 Å². The number of hydrogen-bond donors (Lipinski definition) is 1. The molecule has 1 aliphatic rings. The lowest BCUT2D eigenvalue weighted by molar-refractivity contribution is 0.0944. The molecule has 2 aromatic rings. The summed E-state index contributed by atoms with van der Waals surface area (Å²) in [5.74, 6) is 0.668. The molecular formula is C16H13ClN2O3. The zero-order valence-electron chi connectivity index (χ0n) is 11.6. The fraction of sp³-hybridized carbons (Fsp3) is 0.125. The van der Waals surface area contributed by atoms with Gasteiger partial charge < -0.3 is 9.47 Å². The van der Waals surface area contributed by atoms with Crippen molar-refractivity contribution in [2.75, 3.05) is 13.2 Å². The highest BCUT2D eigenvalue weighted by atomic mass is 35.5. The molecule has 0 fully saturated rings. The summed E-state index contributed by atoms with van der Waals surface area (Å²) < 4.78 is 10.9. The van der Waals surface area contributed by atoms with Crippen LogP contribution in [-0.2, 0) is 0 Å². The SMILES string of the molecule is O=C(NN=Cc1ccc(Cl)cc1)c1cccc2c1OCCO2. The fourth-order valence-electron chi connectivity index (χ4n) is 2.03. The number of ether oxygens (including phenoxy) is 2. The Morgan fingerprint density at radius 3 is 2.73 bits per heavy atom. The van der Waals surface area contributed by atoms with E-state index in [9.17, 15) is 4.79 Å². The number of nitrogens with zero attached hydrogens (tertiary/aromatic N) is 1. The molecule has 5 nitrogen and oxygen atoms in total. The van der Waals surface area contributed by atoms with Gasteiger partial charge in [-0.15, -0.1) is 0 Å². The van der Waals surface area contributed by atoms with Gasteiger partial charge in [-0.2, -0.15) is 5.10 Å². The number of fused-ring (bicyclic) bond motifs is 1. The van der Waals surface area contributed by atoms with E-state index < -0.39 is 0 Å². The lowest BCUT2D eigenvalue weighted by Gasteiger charge is -2.20. The molecule has 0 radical (unpaired) electrons. The number of benzene rings is 2. The predicted molar refractivity (Wildman–Crippen MR) is 83.9 cm³/mol. The molecule has 0 saturated carbocycles. The van der Waals surface area contributed by atoms with E-state index in [0.717, 1.165) is 5.56 Å². The lowest BCUT2D eigenvalue weighted by Crippen LogP contribution is -2.22. The van der Waals surface area contributed by atoms with E-state index in [1.165, 1.54) is 0 Å². The third-order valence-electron chi connectivity index (χ3n) is 3.06. The van der Waals surface area contributed by atoms with Gasteiger partial charge in [0.05, 0.1) is 11.8 Å². The number of rotatable bonds is 3. The van der Waals surface area contributed by atoms with Crippen molar-refractivity contribution < 1.29 is 14.3 Å². The first-order valence-electron chi connectivity index (χ1n) is 6.71. The van der Waals surface area contributed by atoms with Crippen LogP contribution < -0.4 is 14.9 Å². The summed E-state index contributed by atoms with van der Waals surface area (Å²) in [4.78, 5) is 12.2. The minimum Gasteiger partial charge on any atom is -0.486 e. The molecule has 0 bridgehead atoms. The summed E-state index contributed by atoms with van der Waals surface area (Å²) in [6.45, 7) is 0.901. The van der Waals surface area contributed by atoms with E-state index >= 15 is 0 Å². The summed E-state index contributed by atoms with van der Waals surface area (Å²) in [6.07, 6.45) is 1.54. The lowest BCUT2D eigenvalue weighted by atomic mass is 10.1. The normalized spacial score (nSPS) is 13.1. The van der Waals surface area contributed by atoms with Crippen LogP contribution in [0.25, 0.3) is 0 Å². The molecule has 22 heavy (non-hydrogen) atoms. The van der Waals surface area contributed by atoms with E-state index in [1.807, 2.05) is 0 Å². The highest BCUT2D eigenvalue weighted by molar-refractivity contribution is 6.30. The Labute approximate surface area is 132 Å². The summed E-state index contributed by atoms with van der Waals surface area (Å²) in [5, 5.41) is 4.58. The minimum atomic E-state index is -0.354. The Hall–Kier alpha value is -2.53. The minimum absolute atomic E-state index is 0.354. The number of amides is 1. The maximum atomic E-state index is 12.2. The average molecular weight is 317 g/mol. The Morgan fingerprint density at radius 1 is 1.14 bits per heavy atom. The van der Waals surface area contributed by atoms with Crippen molar-refractivity contribution in [2.24, 2.45) is 5.10 Å². The Balaban J connectivity index is 1.71. The number of hydrazone groups is 1. The zero-order valence-corrected chi connectivity index (χ0v) is 12.3. The van der Waals surface area contributed by atoms with Gasteiger partial charge in [0, 0.05) is 5.02 Å². The highest BCUT2D eigenvalue weighted by Crippen LogP contribution is 2.33. The van der Waals surface area contributed by atoms with Gasteiger partial charge in [0.2, 0.25) is 0 Å². The molecule has 0 unspecified atom stereocenters. The highest BCUT2D eigenvalue weighted by Gasteiger charge is 2.19. The molecule has 3 rings (SSSR count). The van der Waals surface area contributed by atoms with Crippen LogP contribution in [0.1, 0.15) is 15.9 Å². The third kappa shape index (κ3) is 3.20. The van der Waals surface area contributed by atoms with Gasteiger partial charge in [-0.1, -0.05) is 29.8 Å². The average Bonchev–Trinajstić information content (AvgIpc) is 2.56. The van der Waals surface area contributed by atoms with E-state index in [4.69, 9.17) is 21.1 Å². The van der Waals surface area contributed by atoms with Crippen LogP contribution in [0.3, 0.4) is 0 Å². The number of nitrogens with one attached hydrogen (secondary N) is 1.